The van der Waals surface area contributed by atoms with Gasteiger partial charge in [0.25, 0.3) is 0 Å². The Morgan fingerprint density at radius 1 is 1.32 bits per heavy atom. The van der Waals surface area contributed by atoms with Crippen molar-refractivity contribution in [1.82, 2.24) is 14.5 Å². The molecule has 1 aromatic heterocycles. The fourth-order valence-corrected chi connectivity index (χ4v) is 3.25. The average Bonchev–Trinajstić information content (AvgIpc) is 2.87. The number of benzene rings is 1. The Morgan fingerprint density at radius 3 is 2.64 bits per heavy atom. The maximum atomic E-state index is 11.9. The summed E-state index contributed by atoms with van der Waals surface area (Å²) in [6.07, 6.45) is 1.50. The van der Waals surface area contributed by atoms with Crippen LogP contribution in [0.3, 0.4) is 0 Å². The van der Waals surface area contributed by atoms with E-state index in [-0.39, 0.29) is 18.4 Å². The van der Waals surface area contributed by atoms with E-state index in [0.717, 1.165) is 16.9 Å². The van der Waals surface area contributed by atoms with Crippen molar-refractivity contribution in [2.24, 2.45) is 0 Å². The van der Waals surface area contributed by atoms with Gasteiger partial charge in [0.2, 0.25) is 10.0 Å². The van der Waals surface area contributed by atoms with E-state index < -0.39 is 10.0 Å². The van der Waals surface area contributed by atoms with Crippen molar-refractivity contribution in [2.75, 3.05) is 12.9 Å². The monoisotopic (exact) mass is 323 g/mol. The van der Waals surface area contributed by atoms with Crippen LogP contribution in [-0.2, 0) is 21.3 Å². The van der Waals surface area contributed by atoms with Gasteiger partial charge >= 0.3 is 0 Å². The van der Waals surface area contributed by atoms with E-state index in [1.54, 1.807) is 11.6 Å². The molecule has 1 N–H and O–H groups in total. The molecule has 0 amide bonds. The van der Waals surface area contributed by atoms with E-state index in [1.807, 2.05) is 43.5 Å². The number of hydrogen-bond donors (Lipinski definition) is 1. The number of ether oxygens (including phenoxy) is 1. The fraction of sp³-hybridized carbons (Fsp3) is 0.400. The minimum absolute atomic E-state index is 0.0601. The highest BCUT2D eigenvalue weighted by atomic mass is 32.2. The molecule has 0 saturated heterocycles. The van der Waals surface area contributed by atoms with Gasteiger partial charge in [-0.3, -0.25) is 0 Å². The van der Waals surface area contributed by atoms with Crippen LogP contribution in [0.15, 0.2) is 36.5 Å². The summed E-state index contributed by atoms with van der Waals surface area (Å²) < 4.78 is 33.2. The Morgan fingerprint density at radius 2 is 2.00 bits per heavy atom. The van der Waals surface area contributed by atoms with Crippen molar-refractivity contribution < 1.29 is 13.2 Å². The number of para-hydroxylation sites is 1. The largest absolute Gasteiger partial charge is 0.381 e. The SMILES string of the molecule is COC(C)CS(=O)(=O)NCc1cn(-c2ccccc2)nc1C. The summed E-state index contributed by atoms with van der Waals surface area (Å²) in [7, 11) is -1.88. The number of hydrogen-bond acceptors (Lipinski definition) is 4. The maximum absolute atomic E-state index is 11.9. The molecule has 0 saturated carbocycles. The van der Waals surface area contributed by atoms with Crippen molar-refractivity contribution in [3.63, 3.8) is 0 Å². The van der Waals surface area contributed by atoms with E-state index >= 15 is 0 Å². The summed E-state index contributed by atoms with van der Waals surface area (Å²) in [5.41, 5.74) is 2.58. The molecule has 0 bridgehead atoms. The lowest BCUT2D eigenvalue weighted by Crippen LogP contribution is -2.31. The van der Waals surface area contributed by atoms with E-state index in [2.05, 4.69) is 9.82 Å². The molecule has 22 heavy (non-hydrogen) atoms. The number of rotatable bonds is 7. The van der Waals surface area contributed by atoms with E-state index in [4.69, 9.17) is 4.74 Å². The number of sulfonamides is 1. The molecule has 0 radical (unpaired) electrons. The molecule has 120 valence electrons. The van der Waals surface area contributed by atoms with Gasteiger partial charge in [-0.25, -0.2) is 17.8 Å². The van der Waals surface area contributed by atoms with Gasteiger partial charge < -0.3 is 4.74 Å². The zero-order valence-electron chi connectivity index (χ0n) is 13.0. The fourth-order valence-electron chi connectivity index (χ4n) is 2.01. The van der Waals surface area contributed by atoms with Crippen molar-refractivity contribution >= 4 is 10.0 Å². The molecule has 7 heteroatoms. The number of nitrogens with one attached hydrogen (secondary N) is 1. The lowest BCUT2D eigenvalue weighted by atomic mass is 10.3. The molecular formula is C15H21N3O3S. The zero-order chi connectivity index (χ0) is 16.2. The number of methoxy groups -OCH3 is 1. The number of nitrogens with zero attached hydrogens (tertiary/aromatic N) is 2. The lowest BCUT2D eigenvalue weighted by Gasteiger charge is -2.10. The molecule has 1 aromatic carbocycles. The minimum Gasteiger partial charge on any atom is -0.381 e. The van der Waals surface area contributed by atoms with Gasteiger partial charge in [-0.15, -0.1) is 0 Å². The van der Waals surface area contributed by atoms with Gasteiger partial charge in [-0.05, 0) is 26.0 Å². The first-order chi connectivity index (χ1) is 10.4. The standard InChI is InChI=1S/C15H21N3O3S/c1-12(21-3)11-22(19,20)16-9-14-10-18(17-13(14)2)15-7-5-4-6-8-15/h4-8,10,12,16H,9,11H2,1-3H3. The van der Waals surface area contributed by atoms with Gasteiger partial charge in [-0.2, -0.15) is 5.10 Å². The second-order valence-electron chi connectivity index (χ2n) is 5.17. The molecule has 2 rings (SSSR count). The summed E-state index contributed by atoms with van der Waals surface area (Å²) in [5, 5.41) is 4.42. The third kappa shape index (κ3) is 4.40. The predicted molar refractivity (Wildman–Crippen MR) is 85.4 cm³/mol. The summed E-state index contributed by atoms with van der Waals surface area (Å²) in [5.74, 6) is -0.0601. The van der Waals surface area contributed by atoms with Crippen molar-refractivity contribution in [2.45, 2.75) is 26.5 Å². The summed E-state index contributed by atoms with van der Waals surface area (Å²) in [6.45, 7) is 3.80. The molecule has 1 unspecified atom stereocenters. The molecule has 2 aromatic rings. The van der Waals surface area contributed by atoms with Crippen LogP contribution >= 0.6 is 0 Å². The van der Waals surface area contributed by atoms with Crippen LogP contribution in [0.25, 0.3) is 5.69 Å². The Kier molecular flexibility index (Phi) is 5.33. The normalized spacial score (nSPS) is 13.2. The zero-order valence-corrected chi connectivity index (χ0v) is 13.8. The highest BCUT2D eigenvalue weighted by Gasteiger charge is 2.16. The first-order valence-electron chi connectivity index (χ1n) is 7.02. The van der Waals surface area contributed by atoms with Gasteiger partial charge in [0, 0.05) is 25.4 Å². The first kappa shape index (κ1) is 16.7. The Balaban J connectivity index is 2.07. The predicted octanol–water partition coefficient (Wildman–Crippen LogP) is 1.64. The van der Waals surface area contributed by atoms with Gasteiger partial charge in [-0.1, -0.05) is 18.2 Å². The molecule has 0 fully saturated rings. The van der Waals surface area contributed by atoms with Crippen molar-refractivity contribution in [1.29, 1.82) is 0 Å². The molecule has 0 aliphatic heterocycles. The third-order valence-electron chi connectivity index (χ3n) is 3.36. The van der Waals surface area contributed by atoms with Crippen LogP contribution in [0, 0.1) is 6.92 Å². The van der Waals surface area contributed by atoms with Crippen molar-refractivity contribution in [3.05, 3.63) is 47.8 Å². The maximum Gasteiger partial charge on any atom is 0.214 e. The topological polar surface area (TPSA) is 73.2 Å². The van der Waals surface area contributed by atoms with E-state index in [0.29, 0.717) is 0 Å². The highest BCUT2D eigenvalue weighted by Crippen LogP contribution is 2.12. The molecule has 0 spiro atoms. The second kappa shape index (κ2) is 7.04. The molecule has 6 nitrogen and oxygen atoms in total. The minimum atomic E-state index is -3.38. The molecule has 0 aliphatic carbocycles. The second-order valence-corrected chi connectivity index (χ2v) is 7.02. The van der Waals surface area contributed by atoms with Crippen LogP contribution in [0.5, 0.6) is 0 Å². The Bertz CT molecular complexity index is 711. The van der Waals surface area contributed by atoms with E-state index in [9.17, 15) is 8.42 Å². The smallest absolute Gasteiger partial charge is 0.214 e. The third-order valence-corrected chi connectivity index (χ3v) is 4.85. The summed E-state index contributed by atoms with van der Waals surface area (Å²) in [6, 6.07) is 9.69. The summed E-state index contributed by atoms with van der Waals surface area (Å²) in [4.78, 5) is 0. The van der Waals surface area contributed by atoms with Crippen molar-refractivity contribution in [3.8, 4) is 5.69 Å². The quantitative estimate of drug-likeness (QED) is 0.840. The van der Waals surface area contributed by atoms with Crippen LogP contribution in [0.2, 0.25) is 0 Å². The first-order valence-corrected chi connectivity index (χ1v) is 8.67. The molecule has 1 heterocycles. The average molecular weight is 323 g/mol. The highest BCUT2D eigenvalue weighted by molar-refractivity contribution is 7.89. The Labute approximate surface area is 131 Å². The van der Waals surface area contributed by atoms with Gasteiger partial charge in [0.15, 0.2) is 0 Å². The summed E-state index contributed by atoms with van der Waals surface area (Å²) >= 11 is 0. The Hall–Kier alpha value is -1.70. The molecule has 1 atom stereocenters. The lowest BCUT2D eigenvalue weighted by molar-refractivity contribution is 0.136. The van der Waals surface area contributed by atoms with Crippen LogP contribution in [-0.4, -0.2) is 37.2 Å². The molecular weight excluding hydrogens is 302 g/mol. The van der Waals surface area contributed by atoms with Crippen LogP contribution in [0.4, 0.5) is 0 Å². The van der Waals surface area contributed by atoms with E-state index in [1.165, 1.54) is 7.11 Å². The van der Waals surface area contributed by atoms with Gasteiger partial charge in [0.05, 0.1) is 23.2 Å². The van der Waals surface area contributed by atoms with Crippen LogP contribution in [0.1, 0.15) is 18.2 Å². The van der Waals surface area contributed by atoms with Gasteiger partial charge in [0.1, 0.15) is 0 Å². The molecule has 0 aliphatic rings. The number of aryl methyl sites for hydroxylation is 1. The van der Waals surface area contributed by atoms with Crippen LogP contribution < -0.4 is 4.72 Å². The number of aromatic nitrogens is 2.